The van der Waals surface area contributed by atoms with Crippen LogP contribution in [0.4, 0.5) is 5.82 Å². The lowest BCUT2D eigenvalue weighted by Crippen LogP contribution is -2.36. The fourth-order valence-electron chi connectivity index (χ4n) is 5.33. The molecule has 1 saturated heterocycles. The number of aromatic amines is 1. The molecule has 1 aromatic carbocycles. The van der Waals surface area contributed by atoms with Crippen LogP contribution in [-0.2, 0) is 27.5 Å². The van der Waals surface area contributed by atoms with Gasteiger partial charge in [-0.1, -0.05) is 44.5 Å². The lowest BCUT2D eigenvalue weighted by atomic mass is 9.93. The van der Waals surface area contributed by atoms with E-state index in [-0.39, 0.29) is 42.2 Å². The average Bonchev–Trinajstić information content (AvgIpc) is 3.30. The number of hydrogen-bond acceptors (Lipinski definition) is 10. The highest BCUT2D eigenvalue weighted by molar-refractivity contribution is 5.87. The predicted molar refractivity (Wildman–Crippen MR) is 163 cm³/mol. The number of anilines is 1. The highest BCUT2D eigenvalue weighted by Crippen LogP contribution is 2.22. The zero-order valence-corrected chi connectivity index (χ0v) is 25.1. The second-order valence-corrected chi connectivity index (χ2v) is 11.4. The van der Waals surface area contributed by atoms with E-state index in [1.165, 1.54) is 5.56 Å². The summed E-state index contributed by atoms with van der Waals surface area (Å²) in [5.74, 6) is 4.98. The van der Waals surface area contributed by atoms with Crippen molar-refractivity contribution in [2.24, 2.45) is 17.7 Å². The van der Waals surface area contributed by atoms with Crippen LogP contribution in [0, 0.1) is 11.8 Å². The number of Topliss-reactive ketones (excluding diaryl/α,β-unsaturated/α-hetero) is 1. The number of nitrogens with two attached hydrogens (primary N) is 2. The number of ketones is 1. The van der Waals surface area contributed by atoms with Crippen molar-refractivity contribution in [2.45, 2.75) is 65.5 Å². The molecule has 1 atom stereocenters. The van der Waals surface area contributed by atoms with Crippen LogP contribution in [-0.4, -0.2) is 69.0 Å². The average molecular weight is 597 g/mol. The molecule has 13 nitrogen and oxygen atoms in total. The molecule has 1 aliphatic heterocycles. The molecule has 13 heteroatoms. The van der Waals surface area contributed by atoms with Gasteiger partial charge in [0.05, 0.1) is 13.2 Å². The number of likely N-dealkylation sites (tertiary alicyclic amines) is 1. The minimum Gasteiger partial charge on any atom is -0.463 e. The zero-order chi connectivity index (χ0) is 30.8. The number of aromatic nitrogens is 4. The first-order valence-corrected chi connectivity index (χ1v) is 15.1. The second-order valence-electron chi connectivity index (χ2n) is 11.4. The van der Waals surface area contributed by atoms with Crippen molar-refractivity contribution in [3.63, 3.8) is 0 Å². The third kappa shape index (κ3) is 9.09. The molecule has 1 fully saturated rings. The van der Waals surface area contributed by atoms with Crippen LogP contribution >= 0.6 is 0 Å². The standard InChI is InChI=1S/C30H44N8O5/c1-3-4-15-42-29-35-26(31)25-27(36-29)38(30(41)34-25)18-23-7-5-22(6-8-23)17-37-13-10-21(11-14-37)9-12-33-28(40)20(2)16-24(39)19-43-32/h5-8,20-21H,3-4,9-19,32H2,1-2H3,(H,33,40)(H,34,41)(H2,31,35,36)/t20-/m1/s1. The number of carbonyl (C=O) groups excluding carboxylic acids is 2. The molecule has 3 aromatic rings. The Morgan fingerprint density at radius 3 is 2.51 bits per heavy atom. The number of carbonyl (C=O) groups is 2. The molecule has 0 saturated carbocycles. The normalized spacial score (nSPS) is 15.0. The van der Waals surface area contributed by atoms with Gasteiger partial charge in [-0.15, -0.1) is 0 Å². The number of piperidine rings is 1. The number of ether oxygens (including phenoxy) is 1. The summed E-state index contributed by atoms with van der Waals surface area (Å²) in [5.41, 5.74) is 8.80. The summed E-state index contributed by atoms with van der Waals surface area (Å²) in [6, 6.07) is 8.46. The number of fused-ring (bicyclic) bond motifs is 1. The Labute approximate surface area is 251 Å². The maximum Gasteiger partial charge on any atom is 0.328 e. The van der Waals surface area contributed by atoms with Crippen molar-refractivity contribution in [3.05, 3.63) is 45.9 Å². The first kappa shape index (κ1) is 32.1. The summed E-state index contributed by atoms with van der Waals surface area (Å²) < 4.78 is 7.18. The molecule has 3 heterocycles. The van der Waals surface area contributed by atoms with Crippen LogP contribution in [0.2, 0.25) is 0 Å². The molecule has 6 N–H and O–H groups in total. The summed E-state index contributed by atoms with van der Waals surface area (Å²) >= 11 is 0. The predicted octanol–water partition coefficient (Wildman–Crippen LogP) is 2.13. The molecular weight excluding hydrogens is 552 g/mol. The molecule has 0 unspecified atom stereocenters. The van der Waals surface area contributed by atoms with Gasteiger partial charge in [-0.05, 0) is 55.8 Å². The summed E-state index contributed by atoms with van der Waals surface area (Å²) in [6.07, 6.45) is 5.08. The van der Waals surface area contributed by atoms with Crippen LogP contribution < -0.4 is 27.4 Å². The number of nitrogens with one attached hydrogen (secondary N) is 2. The monoisotopic (exact) mass is 596 g/mol. The molecule has 0 aliphatic carbocycles. The number of imidazole rings is 1. The third-order valence-electron chi connectivity index (χ3n) is 7.91. The number of benzene rings is 1. The van der Waals surface area contributed by atoms with Crippen LogP contribution in [0.5, 0.6) is 6.01 Å². The van der Waals surface area contributed by atoms with Gasteiger partial charge in [0.15, 0.2) is 17.2 Å². The van der Waals surface area contributed by atoms with Crippen LogP contribution in [0.1, 0.15) is 63.5 Å². The minimum atomic E-state index is -0.394. The first-order valence-electron chi connectivity index (χ1n) is 15.1. The number of nitrogen functional groups attached to an aromatic ring is 1. The van der Waals surface area contributed by atoms with Gasteiger partial charge >= 0.3 is 11.7 Å². The molecule has 0 spiro atoms. The largest absolute Gasteiger partial charge is 0.463 e. The number of amides is 1. The molecule has 1 amide bonds. The van der Waals surface area contributed by atoms with Gasteiger partial charge in [-0.3, -0.25) is 23.9 Å². The Bertz CT molecular complexity index is 1410. The fraction of sp³-hybridized carbons (Fsp3) is 0.567. The van der Waals surface area contributed by atoms with E-state index in [1.807, 2.05) is 12.1 Å². The molecule has 0 bridgehead atoms. The summed E-state index contributed by atoms with van der Waals surface area (Å²) in [4.78, 5) is 54.8. The maximum atomic E-state index is 12.7. The number of H-pyrrole nitrogens is 1. The van der Waals surface area contributed by atoms with Gasteiger partial charge in [0.1, 0.15) is 12.1 Å². The van der Waals surface area contributed by atoms with Crippen molar-refractivity contribution >= 4 is 28.7 Å². The number of unbranched alkanes of at least 4 members (excludes halogenated alkanes) is 1. The first-order chi connectivity index (χ1) is 20.8. The van der Waals surface area contributed by atoms with Gasteiger partial charge in [-0.25, -0.2) is 10.7 Å². The quantitative estimate of drug-likeness (QED) is 0.141. The van der Waals surface area contributed by atoms with Crippen molar-refractivity contribution < 1.29 is 19.2 Å². The van der Waals surface area contributed by atoms with Crippen LogP contribution in [0.25, 0.3) is 11.2 Å². The van der Waals surface area contributed by atoms with Gasteiger partial charge in [0.2, 0.25) is 5.91 Å². The Morgan fingerprint density at radius 2 is 1.84 bits per heavy atom. The van der Waals surface area contributed by atoms with E-state index in [0.717, 1.165) is 57.3 Å². The van der Waals surface area contributed by atoms with Crippen molar-refractivity contribution in [2.75, 3.05) is 38.6 Å². The molecule has 234 valence electrons. The Kier molecular flexibility index (Phi) is 11.6. The van der Waals surface area contributed by atoms with E-state index in [0.29, 0.717) is 36.8 Å². The summed E-state index contributed by atoms with van der Waals surface area (Å²) in [5, 5.41) is 2.96. The molecule has 4 rings (SSSR count). The minimum absolute atomic E-state index is 0.112. The molecule has 43 heavy (non-hydrogen) atoms. The number of rotatable bonds is 16. The topological polar surface area (TPSA) is 183 Å². The van der Waals surface area contributed by atoms with Crippen molar-refractivity contribution in [1.29, 1.82) is 0 Å². The van der Waals surface area contributed by atoms with Crippen LogP contribution in [0.15, 0.2) is 29.1 Å². The molecule has 1 aliphatic rings. The fourth-order valence-corrected chi connectivity index (χ4v) is 5.33. The maximum absolute atomic E-state index is 12.7. The summed E-state index contributed by atoms with van der Waals surface area (Å²) in [7, 11) is 0. The van der Waals surface area contributed by atoms with E-state index < -0.39 is 5.92 Å². The van der Waals surface area contributed by atoms with E-state index in [4.69, 9.17) is 16.4 Å². The van der Waals surface area contributed by atoms with E-state index >= 15 is 0 Å². The Morgan fingerprint density at radius 1 is 1.14 bits per heavy atom. The van der Waals surface area contributed by atoms with Gasteiger partial charge in [0.25, 0.3) is 0 Å². The highest BCUT2D eigenvalue weighted by Gasteiger charge is 2.21. The smallest absolute Gasteiger partial charge is 0.328 e. The van der Waals surface area contributed by atoms with Gasteiger partial charge in [-0.2, -0.15) is 9.97 Å². The number of nitrogens with zero attached hydrogens (tertiary/aromatic N) is 4. The molecule has 0 radical (unpaired) electrons. The highest BCUT2D eigenvalue weighted by atomic mass is 16.6. The summed E-state index contributed by atoms with van der Waals surface area (Å²) in [6.45, 7) is 7.95. The van der Waals surface area contributed by atoms with Crippen molar-refractivity contribution in [1.82, 2.24) is 29.7 Å². The molecular formula is C30H44N8O5. The zero-order valence-electron chi connectivity index (χ0n) is 25.1. The van der Waals surface area contributed by atoms with E-state index in [1.54, 1.807) is 11.5 Å². The lowest BCUT2D eigenvalue weighted by Gasteiger charge is -2.32. The Balaban J connectivity index is 1.23. The SMILES string of the molecule is CCCCOc1nc(N)c2[nH]c(=O)n(Cc3ccc(CN4CCC(CCNC(=O)[C@H](C)CC(=O)CON)CC4)cc3)c2n1. The third-order valence-corrected chi connectivity index (χ3v) is 7.91. The number of hydrogen-bond donors (Lipinski definition) is 4. The van der Waals surface area contributed by atoms with Gasteiger partial charge < -0.3 is 20.8 Å². The van der Waals surface area contributed by atoms with Crippen molar-refractivity contribution in [3.8, 4) is 6.01 Å². The molecule has 2 aromatic heterocycles. The lowest BCUT2D eigenvalue weighted by molar-refractivity contribution is -0.131. The van der Waals surface area contributed by atoms with Crippen LogP contribution in [0.3, 0.4) is 0 Å². The van der Waals surface area contributed by atoms with E-state index in [2.05, 4.69) is 49.1 Å². The van der Waals surface area contributed by atoms with Gasteiger partial charge in [0, 0.05) is 25.4 Å². The Hall–Kier alpha value is -3.81. The van der Waals surface area contributed by atoms with E-state index in [9.17, 15) is 14.4 Å². The second kappa shape index (κ2) is 15.6.